The van der Waals surface area contributed by atoms with E-state index in [0.717, 1.165) is 89.9 Å². The SMILES string of the molecule is CC/C=C\C/C=C\C/C=C\C/C=C\CCCCCCCCCCCCCCCCC(=O)OCC(COC(=O)CCCCCCC/C=C\CCCCCCCC)OC(=O)CCCCCCCCCCCCCCCCCCCCCCCCC. The molecular weight excluding hydrogens is 1020 g/mol. The first-order valence-electron chi connectivity index (χ1n) is 36.8. The van der Waals surface area contributed by atoms with Gasteiger partial charge in [-0.05, 0) is 83.5 Å². The molecule has 6 nitrogen and oxygen atoms in total. The number of esters is 3. The minimum Gasteiger partial charge on any atom is -0.462 e. The van der Waals surface area contributed by atoms with Crippen molar-refractivity contribution >= 4 is 17.9 Å². The van der Waals surface area contributed by atoms with Crippen LogP contribution in [-0.4, -0.2) is 37.2 Å². The number of allylic oxidation sites excluding steroid dienone is 10. The third-order valence-electron chi connectivity index (χ3n) is 16.5. The number of hydrogen-bond donors (Lipinski definition) is 0. The second-order valence-electron chi connectivity index (χ2n) is 24.8. The van der Waals surface area contributed by atoms with E-state index in [9.17, 15) is 14.4 Å². The molecule has 1 atom stereocenters. The molecule has 0 aromatic carbocycles. The van der Waals surface area contributed by atoms with Crippen LogP contribution in [0, 0.1) is 0 Å². The van der Waals surface area contributed by atoms with E-state index in [1.54, 1.807) is 0 Å². The van der Waals surface area contributed by atoms with Crippen LogP contribution in [-0.2, 0) is 28.6 Å². The lowest BCUT2D eigenvalue weighted by atomic mass is 10.0. The molecule has 0 amide bonds. The maximum Gasteiger partial charge on any atom is 0.306 e. The minimum absolute atomic E-state index is 0.0721. The Morgan fingerprint density at radius 2 is 0.470 bits per heavy atom. The van der Waals surface area contributed by atoms with Gasteiger partial charge in [-0.3, -0.25) is 14.4 Å². The molecule has 0 fully saturated rings. The van der Waals surface area contributed by atoms with Crippen molar-refractivity contribution in [1.82, 2.24) is 0 Å². The fourth-order valence-corrected chi connectivity index (χ4v) is 11.0. The number of carbonyl (C=O) groups excluding carboxylic acids is 3. The molecule has 0 aliphatic rings. The number of ether oxygens (including phenoxy) is 3. The van der Waals surface area contributed by atoms with Gasteiger partial charge in [0.2, 0.25) is 0 Å². The molecule has 0 aromatic rings. The van der Waals surface area contributed by atoms with Crippen molar-refractivity contribution in [2.45, 2.75) is 399 Å². The molecule has 484 valence electrons. The molecule has 0 heterocycles. The molecule has 0 saturated heterocycles. The van der Waals surface area contributed by atoms with Gasteiger partial charge in [0.05, 0.1) is 0 Å². The van der Waals surface area contributed by atoms with Gasteiger partial charge in [-0.15, -0.1) is 0 Å². The zero-order valence-corrected chi connectivity index (χ0v) is 55.7. The Balaban J connectivity index is 4.26. The van der Waals surface area contributed by atoms with Crippen molar-refractivity contribution in [2.75, 3.05) is 13.2 Å². The van der Waals surface area contributed by atoms with Crippen LogP contribution in [0.15, 0.2) is 60.8 Å². The van der Waals surface area contributed by atoms with Crippen LogP contribution in [0.2, 0.25) is 0 Å². The highest BCUT2D eigenvalue weighted by Gasteiger charge is 2.19. The standard InChI is InChI=1S/C77H140O6/c1-4-7-10-13-16-19-22-25-28-30-32-34-36-37-38-39-41-42-44-46-49-52-55-58-61-64-67-70-76(79)82-73-74(72-81-75(78)69-66-63-60-57-54-51-48-27-24-21-18-15-12-9-6-3)83-77(80)71-68-65-62-59-56-53-50-47-45-43-40-35-33-31-29-26-23-20-17-14-11-8-5-2/h7,10,16,19,25,27-28,32,34,48,74H,4-6,8-9,11-15,17-18,20-24,26,29-31,33,35-47,49-73H2,1-3H3/b10-7-,19-16-,28-25-,34-32-,48-27-. The summed E-state index contributed by atoms with van der Waals surface area (Å²) in [5.41, 5.74) is 0. The molecule has 0 bridgehead atoms. The fourth-order valence-electron chi connectivity index (χ4n) is 11.0. The molecule has 0 saturated carbocycles. The Labute approximate surface area is 517 Å². The van der Waals surface area contributed by atoms with Crippen LogP contribution in [0.1, 0.15) is 393 Å². The smallest absolute Gasteiger partial charge is 0.306 e. The highest BCUT2D eigenvalue weighted by molar-refractivity contribution is 5.71. The molecule has 0 aliphatic carbocycles. The van der Waals surface area contributed by atoms with E-state index in [2.05, 4.69) is 81.5 Å². The second-order valence-corrected chi connectivity index (χ2v) is 24.8. The van der Waals surface area contributed by atoms with Crippen molar-refractivity contribution in [3.8, 4) is 0 Å². The Morgan fingerprint density at radius 1 is 0.253 bits per heavy atom. The average Bonchev–Trinajstić information content (AvgIpc) is 3.49. The van der Waals surface area contributed by atoms with E-state index in [1.807, 2.05) is 0 Å². The normalized spacial score (nSPS) is 12.4. The summed E-state index contributed by atoms with van der Waals surface area (Å²) in [7, 11) is 0. The van der Waals surface area contributed by atoms with Gasteiger partial charge in [0.25, 0.3) is 0 Å². The van der Waals surface area contributed by atoms with E-state index >= 15 is 0 Å². The van der Waals surface area contributed by atoms with Crippen LogP contribution < -0.4 is 0 Å². The van der Waals surface area contributed by atoms with Gasteiger partial charge >= 0.3 is 17.9 Å². The molecule has 6 heteroatoms. The van der Waals surface area contributed by atoms with Crippen LogP contribution in [0.4, 0.5) is 0 Å². The molecule has 0 spiro atoms. The molecular formula is C77H140O6. The Kier molecular flexibility index (Phi) is 69.1. The molecule has 1 unspecified atom stereocenters. The Hall–Kier alpha value is -2.89. The van der Waals surface area contributed by atoms with Crippen molar-refractivity contribution in [2.24, 2.45) is 0 Å². The van der Waals surface area contributed by atoms with Gasteiger partial charge in [-0.25, -0.2) is 0 Å². The average molecular weight is 1160 g/mol. The summed E-state index contributed by atoms with van der Waals surface area (Å²) in [5.74, 6) is -0.853. The van der Waals surface area contributed by atoms with E-state index < -0.39 is 6.10 Å². The predicted molar refractivity (Wildman–Crippen MR) is 362 cm³/mol. The molecule has 0 aromatic heterocycles. The summed E-state index contributed by atoms with van der Waals surface area (Å²) in [6.07, 6.45) is 92.6. The van der Waals surface area contributed by atoms with Gasteiger partial charge < -0.3 is 14.2 Å². The lowest BCUT2D eigenvalue weighted by Crippen LogP contribution is -2.30. The number of carbonyl (C=O) groups is 3. The van der Waals surface area contributed by atoms with E-state index in [-0.39, 0.29) is 31.1 Å². The zero-order chi connectivity index (χ0) is 59.9. The lowest BCUT2D eigenvalue weighted by Gasteiger charge is -2.18. The van der Waals surface area contributed by atoms with Crippen LogP contribution in [0.3, 0.4) is 0 Å². The lowest BCUT2D eigenvalue weighted by molar-refractivity contribution is -0.167. The highest BCUT2D eigenvalue weighted by Crippen LogP contribution is 2.19. The van der Waals surface area contributed by atoms with E-state index in [4.69, 9.17) is 14.2 Å². The first kappa shape index (κ1) is 80.1. The number of rotatable bonds is 68. The maximum atomic E-state index is 13.0. The third kappa shape index (κ3) is 69.8. The van der Waals surface area contributed by atoms with Gasteiger partial charge in [0, 0.05) is 19.3 Å². The first-order valence-corrected chi connectivity index (χ1v) is 36.8. The Bertz CT molecular complexity index is 1470. The second kappa shape index (κ2) is 71.6. The summed E-state index contributed by atoms with van der Waals surface area (Å²) < 4.78 is 17.0. The van der Waals surface area contributed by atoms with E-state index in [0.29, 0.717) is 19.3 Å². The monoisotopic (exact) mass is 1160 g/mol. The van der Waals surface area contributed by atoms with Crippen LogP contribution >= 0.6 is 0 Å². The minimum atomic E-state index is -0.777. The summed E-state index contributed by atoms with van der Waals surface area (Å²) >= 11 is 0. The van der Waals surface area contributed by atoms with Gasteiger partial charge in [-0.1, -0.05) is 351 Å². The van der Waals surface area contributed by atoms with Gasteiger partial charge in [0.15, 0.2) is 6.10 Å². The summed E-state index contributed by atoms with van der Waals surface area (Å²) in [6, 6.07) is 0. The number of hydrogen-bond acceptors (Lipinski definition) is 6. The quantitative estimate of drug-likeness (QED) is 0.0261. The molecule has 0 aliphatic heterocycles. The Morgan fingerprint density at radius 3 is 0.747 bits per heavy atom. The predicted octanol–water partition coefficient (Wildman–Crippen LogP) is 25.5. The molecule has 0 radical (unpaired) electrons. The summed E-state index contributed by atoms with van der Waals surface area (Å²) in [5, 5.41) is 0. The molecule has 0 N–H and O–H groups in total. The van der Waals surface area contributed by atoms with Crippen molar-refractivity contribution in [3.63, 3.8) is 0 Å². The fraction of sp³-hybridized carbons (Fsp3) is 0.831. The van der Waals surface area contributed by atoms with Crippen molar-refractivity contribution in [1.29, 1.82) is 0 Å². The third-order valence-corrected chi connectivity index (χ3v) is 16.5. The largest absolute Gasteiger partial charge is 0.462 e. The molecule has 83 heavy (non-hydrogen) atoms. The van der Waals surface area contributed by atoms with Crippen LogP contribution in [0.25, 0.3) is 0 Å². The maximum absolute atomic E-state index is 13.0. The van der Waals surface area contributed by atoms with Gasteiger partial charge in [-0.2, -0.15) is 0 Å². The van der Waals surface area contributed by atoms with E-state index in [1.165, 1.54) is 263 Å². The number of unbranched alkanes of at least 4 members (excludes halogenated alkanes) is 47. The zero-order valence-electron chi connectivity index (χ0n) is 55.7. The van der Waals surface area contributed by atoms with Crippen molar-refractivity contribution < 1.29 is 28.6 Å². The molecule has 0 rings (SSSR count). The van der Waals surface area contributed by atoms with Crippen LogP contribution in [0.5, 0.6) is 0 Å². The highest BCUT2D eigenvalue weighted by atomic mass is 16.6. The topological polar surface area (TPSA) is 78.9 Å². The summed E-state index contributed by atoms with van der Waals surface area (Å²) in [4.78, 5) is 38.5. The summed E-state index contributed by atoms with van der Waals surface area (Å²) in [6.45, 7) is 6.59. The van der Waals surface area contributed by atoms with Gasteiger partial charge in [0.1, 0.15) is 13.2 Å². The van der Waals surface area contributed by atoms with Crippen molar-refractivity contribution in [3.05, 3.63) is 60.8 Å². The first-order chi connectivity index (χ1) is 41.0.